The second kappa shape index (κ2) is 6.16. The molecule has 2 N–H and O–H groups in total. The summed E-state index contributed by atoms with van der Waals surface area (Å²) in [6, 6.07) is 1.71. The van der Waals surface area contributed by atoms with Crippen molar-refractivity contribution in [3.8, 4) is 0 Å². The van der Waals surface area contributed by atoms with Crippen molar-refractivity contribution in [2.75, 3.05) is 13.1 Å². The van der Waals surface area contributed by atoms with Crippen LogP contribution in [0.4, 0.5) is 4.79 Å². The number of hydrogen-bond acceptors (Lipinski definition) is 4. The highest BCUT2D eigenvalue weighted by Gasteiger charge is 2.20. The van der Waals surface area contributed by atoms with Crippen molar-refractivity contribution in [1.82, 2.24) is 15.5 Å². The van der Waals surface area contributed by atoms with Gasteiger partial charge >= 0.3 is 6.03 Å². The van der Waals surface area contributed by atoms with Crippen molar-refractivity contribution in [2.45, 2.75) is 32.9 Å². The fourth-order valence-corrected chi connectivity index (χ4v) is 3.00. The molecule has 0 aromatic carbocycles. The quantitative estimate of drug-likeness (QED) is 0.879. The first-order chi connectivity index (χ1) is 9.04. The van der Waals surface area contributed by atoms with E-state index >= 15 is 0 Å². The third-order valence-electron chi connectivity index (χ3n) is 2.93. The van der Waals surface area contributed by atoms with E-state index in [-0.39, 0.29) is 18.5 Å². The highest BCUT2D eigenvalue weighted by Crippen LogP contribution is 2.23. The third-order valence-corrected chi connectivity index (χ3v) is 3.95. The number of urea groups is 1. The molecule has 104 valence electrons. The Morgan fingerprint density at radius 1 is 1.47 bits per heavy atom. The number of rotatable bonds is 3. The molecule has 6 heteroatoms. The van der Waals surface area contributed by atoms with E-state index in [1.807, 2.05) is 13.8 Å². The predicted molar refractivity (Wildman–Crippen MR) is 75.1 cm³/mol. The first-order valence-corrected chi connectivity index (χ1v) is 7.30. The van der Waals surface area contributed by atoms with Gasteiger partial charge in [-0.1, -0.05) is 0 Å². The van der Waals surface area contributed by atoms with Gasteiger partial charge in [0.1, 0.15) is 0 Å². The second-order valence-electron chi connectivity index (χ2n) is 5.01. The molecule has 3 amide bonds. The minimum atomic E-state index is -0.423. The topological polar surface area (TPSA) is 61.4 Å². The average Bonchev–Trinajstić information content (AvgIpc) is 2.74. The summed E-state index contributed by atoms with van der Waals surface area (Å²) < 4.78 is 0. The van der Waals surface area contributed by atoms with E-state index in [1.54, 1.807) is 11.3 Å². The van der Waals surface area contributed by atoms with Crippen LogP contribution in [0.2, 0.25) is 0 Å². The Labute approximate surface area is 117 Å². The van der Waals surface area contributed by atoms with Gasteiger partial charge in [0.2, 0.25) is 5.91 Å². The van der Waals surface area contributed by atoms with E-state index in [4.69, 9.17) is 0 Å². The number of fused-ring (bicyclic) bond motifs is 1. The van der Waals surface area contributed by atoms with Gasteiger partial charge in [-0.05, 0) is 37.3 Å². The van der Waals surface area contributed by atoms with Gasteiger partial charge in [-0.3, -0.25) is 15.0 Å². The Balaban J connectivity index is 1.79. The third kappa shape index (κ3) is 4.04. The molecular weight excluding hydrogens is 262 g/mol. The molecule has 0 aliphatic carbocycles. The Morgan fingerprint density at radius 2 is 2.26 bits per heavy atom. The van der Waals surface area contributed by atoms with Crippen molar-refractivity contribution >= 4 is 23.3 Å². The molecule has 0 spiro atoms. The van der Waals surface area contributed by atoms with Gasteiger partial charge in [0, 0.05) is 24.0 Å². The van der Waals surface area contributed by atoms with Crippen LogP contribution >= 0.6 is 11.3 Å². The Kier molecular flexibility index (Phi) is 4.55. The highest BCUT2D eigenvalue weighted by molar-refractivity contribution is 7.10. The molecule has 0 bridgehead atoms. The van der Waals surface area contributed by atoms with Crippen LogP contribution in [0.15, 0.2) is 11.4 Å². The van der Waals surface area contributed by atoms with E-state index < -0.39 is 6.03 Å². The number of nitrogens with one attached hydrogen (secondary N) is 2. The Morgan fingerprint density at radius 3 is 3.00 bits per heavy atom. The van der Waals surface area contributed by atoms with Crippen LogP contribution in [0.5, 0.6) is 0 Å². The summed E-state index contributed by atoms with van der Waals surface area (Å²) in [5.74, 6) is -0.253. The molecule has 0 unspecified atom stereocenters. The molecule has 0 radical (unpaired) electrons. The number of carbonyl (C=O) groups is 2. The van der Waals surface area contributed by atoms with Crippen molar-refractivity contribution in [1.29, 1.82) is 0 Å². The number of imide groups is 1. The molecule has 0 fully saturated rings. The molecule has 1 aliphatic rings. The van der Waals surface area contributed by atoms with E-state index in [0.717, 1.165) is 19.5 Å². The van der Waals surface area contributed by atoms with Gasteiger partial charge in [0.05, 0.1) is 6.54 Å². The van der Waals surface area contributed by atoms with E-state index in [9.17, 15) is 9.59 Å². The zero-order valence-corrected chi connectivity index (χ0v) is 12.0. The lowest BCUT2D eigenvalue weighted by Crippen LogP contribution is -2.47. The van der Waals surface area contributed by atoms with E-state index in [0.29, 0.717) is 0 Å². The van der Waals surface area contributed by atoms with Gasteiger partial charge in [-0.25, -0.2) is 4.79 Å². The minimum absolute atomic E-state index is 0.0242. The fraction of sp³-hybridized carbons (Fsp3) is 0.538. The smallest absolute Gasteiger partial charge is 0.321 e. The molecule has 19 heavy (non-hydrogen) atoms. The van der Waals surface area contributed by atoms with Crippen LogP contribution < -0.4 is 10.6 Å². The number of carbonyl (C=O) groups excluding carboxylic acids is 2. The number of nitrogens with zero attached hydrogens (tertiary/aromatic N) is 1. The molecule has 1 aromatic rings. The maximum Gasteiger partial charge on any atom is 0.321 e. The summed E-state index contributed by atoms with van der Waals surface area (Å²) in [5, 5.41) is 7.07. The second-order valence-corrected chi connectivity index (χ2v) is 6.01. The Bertz CT molecular complexity index is 470. The summed E-state index contributed by atoms with van der Waals surface area (Å²) in [7, 11) is 0. The maximum absolute atomic E-state index is 11.7. The van der Waals surface area contributed by atoms with Crippen LogP contribution in [0.3, 0.4) is 0 Å². The van der Waals surface area contributed by atoms with Crippen molar-refractivity contribution in [3.63, 3.8) is 0 Å². The summed E-state index contributed by atoms with van der Waals surface area (Å²) in [4.78, 5) is 26.6. The summed E-state index contributed by atoms with van der Waals surface area (Å²) in [5.41, 5.74) is 1.30. The number of thiophene rings is 1. The predicted octanol–water partition coefficient (Wildman–Crippen LogP) is 1.34. The van der Waals surface area contributed by atoms with Gasteiger partial charge in [0.25, 0.3) is 0 Å². The number of amides is 3. The van der Waals surface area contributed by atoms with Crippen molar-refractivity contribution in [2.24, 2.45) is 0 Å². The molecule has 1 aromatic heterocycles. The minimum Gasteiger partial charge on any atom is -0.336 e. The SMILES string of the molecule is CC(C)NC(=O)NC(=O)CN1CCc2sccc2C1. The van der Waals surface area contributed by atoms with Gasteiger partial charge in [-0.2, -0.15) is 0 Å². The van der Waals surface area contributed by atoms with Crippen LogP contribution in [0.1, 0.15) is 24.3 Å². The van der Waals surface area contributed by atoms with Crippen molar-refractivity contribution < 1.29 is 9.59 Å². The summed E-state index contributed by atoms with van der Waals surface area (Å²) in [6.45, 7) is 5.63. The zero-order chi connectivity index (χ0) is 13.8. The molecule has 0 saturated heterocycles. The average molecular weight is 281 g/mol. The first kappa shape index (κ1) is 14.0. The van der Waals surface area contributed by atoms with Gasteiger partial charge in [-0.15, -0.1) is 11.3 Å². The van der Waals surface area contributed by atoms with Gasteiger partial charge < -0.3 is 5.32 Å². The lowest BCUT2D eigenvalue weighted by atomic mass is 10.1. The summed E-state index contributed by atoms with van der Waals surface area (Å²) >= 11 is 1.77. The highest BCUT2D eigenvalue weighted by atomic mass is 32.1. The van der Waals surface area contributed by atoms with E-state index in [2.05, 4.69) is 27.0 Å². The molecular formula is C13H19N3O2S. The molecule has 2 heterocycles. The molecule has 2 rings (SSSR count). The van der Waals surface area contributed by atoms with Crippen LogP contribution in [0.25, 0.3) is 0 Å². The number of hydrogen-bond donors (Lipinski definition) is 2. The molecule has 0 atom stereocenters. The Hall–Kier alpha value is -1.40. The lowest BCUT2D eigenvalue weighted by Gasteiger charge is -2.25. The van der Waals surface area contributed by atoms with Crippen LogP contribution in [-0.4, -0.2) is 36.0 Å². The van der Waals surface area contributed by atoms with Crippen LogP contribution in [0, 0.1) is 0 Å². The fourth-order valence-electron chi connectivity index (χ4n) is 2.11. The zero-order valence-electron chi connectivity index (χ0n) is 11.2. The normalized spacial score (nSPS) is 15.1. The lowest BCUT2D eigenvalue weighted by molar-refractivity contribution is -0.121. The maximum atomic E-state index is 11.7. The molecule has 0 saturated carbocycles. The van der Waals surface area contributed by atoms with Crippen molar-refractivity contribution in [3.05, 3.63) is 21.9 Å². The molecule has 1 aliphatic heterocycles. The largest absolute Gasteiger partial charge is 0.336 e. The first-order valence-electron chi connectivity index (χ1n) is 6.42. The van der Waals surface area contributed by atoms with Gasteiger partial charge in [0.15, 0.2) is 0 Å². The standard InChI is InChI=1S/C13H19N3O2S/c1-9(2)14-13(18)15-12(17)8-16-5-3-11-10(7-16)4-6-19-11/h4,6,9H,3,5,7-8H2,1-2H3,(H2,14,15,17,18). The van der Waals surface area contributed by atoms with E-state index in [1.165, 1.54) is 10.4 Å². The summed E-state index contributed by atoms with van der Waals surface area (Å²) in [6.07, 6.45) is 0.985. The van der Waals surface area contributed by atoms with Crippen LogP contribution in [-0.2, 0) is 17.8 Å². The monoisotopic (exact) mass is 281 g/mol. The molecule has 5 nitrogen and oxygen atoms in total.